The van der Waals surface area contributed by atoms with Crippen LogP contribution in [0.1, 0.15) is 12.8 Å². The van der Waals surface area contributed by atoms with Gasteiger partial charge in [0.15, 0.2) is 0 Å². The number of carbonyl (C=O) groups is 1. The summed E-state index contributed by atoms with van der Waals surface area (Å²) < 4.78 is 27.1. The van der Waals surface area contributed by atoms with Crippen molar-refractivity contribution in [3.63, 3.8) is 0 Å². The summed E-state index contributed by atoms with van der Waals surface area (Å²) in [5, 5.41) is 0.716. The van der Waals surface area contributed by atoms with Crippen LogP contribution in [0.5, 0.6) is 0 Å². The molecule has 2 aliphatic heterocycles. The largest absolute Gasteiger partial charge is 0.368 e. The van der Waals surface area contributed by atoms with Crippen molar-refractivity contribution in [2.24, 2.45) is 5.92 Å². The van der Waals surface area contributed by atoms with Gasteiger partial charge >= 0.3 is 0 Å². The molecule has 160 valence electrons. The summed E-state index contributed by atoms with van der Waals surface area (Å²) in [7, 11) is -3.48. The highest BCUT2D eigenvalue weighted by Gasteiger charge is 2.34. The lowest BCUT2D eigenvalue weighted by molar-refractivity contribution is -0.137. The van der Waals surface area contributed by atoms with E-state index < -0.39 is 10.0 Å². The fourth-order valence-electron chi connectivity index (χ4n) is 4.18. The molecule has 0 atom stereocenters. The van der Waals surface area contributed by atoms with Gasteiger partial charge in [0.2, 0.25) is 15.9 Å². The lowest BCUT2D eigenvalue weighted by atomic mass is 9.96. The van der Waals surface area contributed by atoms with Gasteiger partial charge in [-0.05, 0) is 49.2 Å². The minimum atomic E-state index is -3.48. The Morgan fingerprint density at radius 1 is 0.833 bits per heavy atom. The van der Waals surface area contributed by atoms with Crippen LogP contribution in [0.2, 0.25) is 5.02 Å². The monoisotopic (exact) mass is 447 g/mol. The van der Waals surface area contributed by atoms with E-state index in [0.717, 1.165) is 18.8 Å². The summed E-state index contributed by atoms with van der Waals surface area (Å²) in [5.41, 5.74) is 1.12. The summed E-state index contributed by atoms with van der Waals surface area (Å²) >= 11 is 5.96. The van der Waals surface area contributed by atoms with E-state index in [0.29, 0.717) is 48.9 Å². The van der Waals surface area contributed by atoms with Gasteiger partial charge in [0.05, 0.1) is 4.90 Å². The predicted molar refractivity (Wildman–Crippen MR) is 118 cm³/mol. The molecule has 0 aromatic heterocycles. The predicted octanol–water partition coefficient (Wildman–Crippen LogP) is 3.09. The van der Waals surface area contributed by atoms with Crippen LogP contribution in [0.15, 0.2) is 59.5 Å². The lowest BCUT2D eigenvalue weighted by Gasteiger charge is -2.39. The molecule has 6 nitrogen and oxygen atoms in total. The fraction of sp³-hybridized carbons (Fsp3) is 0.409. The second-order valence-corrected chi connectivity index (χ2v) is 10.2. The Balaban J connectivity index is 1.30. The average Bonchev–Trinajstić information content (AvgIpc) is 2.80. The van der Waals surface area contributed by atoms with Crippen molar-refractivity contribution in [3.8, 4) is 0 Å². The van der Waals surface area contributed by atoms with Crippen molar-refractivity contribution in [2.45, 2.75) is 17.7 Å². The lowest BCUT2D eigenvalue weighted by Crippen LogP contribution is -2.52. The number of hydrogen-bond donors (Lipinski definition) is 0. The zero-order valence-electron chi connectivity index (χ0n) is 16.8. The van der Waals surface area contributed by atoms with Crippen LogP contribution in [0.3, 0.4) is 0 Å². The van der Waals surface area contributed by atoms with Gasteiger partial charge in [-0.1, -0.05) is 29.8 Å². The van der Waals surface area contributed by atoms with Gasteiger partial charge in [0.25, 0.3) is 0 Å². The van der Waals surface area contributed by atoms with E-state index >= 15 is 0 Å². The fourth-order valence-corrected chi connectivity index (χ4v) is 5.80. The van der Waals surface area contributed by atoms with E-state index in [1.165, 1.54) is 4.31 Å². The van der Waals surface area contributed by atoms with E-state index in [9.17, 15) is 13.2 Å². The van der Waals surface area contributed by atoms with Gasteiger partial charge in [-0.25, -0.2) is 8.42 Å². The van der Waals surface area contributed by atoms with Gasteiger partial charge in [-0.3, -0.25) is 4.79 Å². The summed E-state index contributed by atoms with van der Waals surface area (Å²) in [5.74, 6) is 0.0526. The number of piperidine rings is 1. The smallest absolute Gasteiger partial charge is 0.243 e. The molecular weight excluding hydrogens is 422 g/mol. The number of anilines is 1. The molecule has 0 aliphatic carbocycles. The van der Waals surface area contributed by atoms with Crippen LogP contribution >= 0.6 is 11.6 Å². The van der Waals surface area contributed by atoms with Gasteiger partial charge < -0.3 is 9.80 Å². The summed E-state index contributed by atoms with van der Waals surface area (Å²) in [6, 6.07) is 16.3. The molecule has 2 aromatic rings. The number of benzene rings is 2. The quantitative estimate of drug-likeness (QED) is 0.722. The van der Waals surface area contributed by atoms with Gasteiger partial charge in [-0.2, -0.15) is 4.31 Å². The minimum absolute atomic E-state index is 0.102. The van der Waals surface area contributed by atoms with E-state index in [1.807, 2.05) is 29.2 Å². The summed E-state index contributed by atoms with van der Waals surface area (Å²) in [6.07, 6.45) is 1.14. The zero-order chi connectivity index (χ0) is 21.1. The van der Waals surface area contributed by atoms with E-state index in [1.54, 1.807) is 30.3 Å². The van der Waals surface area contributed by atoms with Crippen molar-refractivity contribution < 1.29 is 13.2 Å². The third kappa shape index (κ3) is 4.48. The Kier molecular flexibility index (Phi) is 6.32. The molecule has 0 saturated carbocycles. The Bertz CT molecular complexity index is 966. The Morgan fingerprint density at radius 2 is 1.43 bits per heavy atom. The number of sulfonamides is 1. The Labute approximate surface area is 183 Å². The van der Waals surface area contributed by atoms with Crippen molar-refractivity contribution >= 4 is 33.2 Å². The van der Waals surface area contributed by atoms with Crippen molar-refractivity contribution in [1.29, 1.82) is 0 Å². The third-order valence-corrected chi connectivity index (χ3v) is 8.13. The molecule has 2 fully saturated rings. The molecule has 0 N–H and O–H groups in total. The molecular formula is C22H26ClN3O3S. The molecule has 2 aromatic carbocycles. The number of nitrogens with zero attached hydrogens (tertiary/aromatic N) is 3. The van der Waals surface area contributed by atoms with Crippen LogP contribution < -0.4 is 4.90 Å². The van der Waals surface area contributed by atoms with Gasteiger partial charge in [-0.15, -0.1) is 0 Å². The molecule has 0 bridgehead atoms. The first-order valence-corrected chi connectivity index (χ1v) is 12.1. The molecule has 4 rings (SSSR count). The maximum absolute atomic E-state index is 13.0. The minimum Gasteiger partial charge on any atom is -0.368 e. The summed E-state index contributed by atoms with van der Waals surface area (Å²) in [6.45, 7) is 3.72. The SMILES string of the molecule is O=C(C1CCN(S(=O)(=O)c2ccccc2)CC1)N1CCN(c2ccc(Cl)cc2)CC1. The van der Waals surface area contributed by atoms with Gasteiger partial charge in [0.1, 0.15) is 0 Å². The average molecular weight is 448 g/mol. The normalized spacial score (nSPS) is 19.1. The van der Waals surface area contributed by atoms with Crippen LogP contribution in [-0.4, -0.2) is 62.8 Å². The zero-order valence-corrected chi connectivity index (χ0v) is 18.4. The highest BCUT2D eigenvalue weighted by atomic mass is 35.5. The van der Waals surface area contributed by atoms with E-state index in [2.05, 4.69) is 4.90 Å². The van der Waals surface area contributed by atoms with Crippen molar-refractivity contribution in [1.82, 2.24) is 9.21 Å². The third-order valence-electron chi connectivity index (χ3n) is 5.97. The van der Waals surface area contributed by atoms with Crippen LogP contribution in [0.25, 0.3) is 0 Å². The van der Waals surface area contributed by atoms with Crippen LogP contribution in [0.4, 0.5) is 5.69 Å². The highest BCUT2D eigenvalue weighted by molar-refractivity contribution is 7.89. The number of hydrogen-bond acceptors (Lipinski definition) is 4. The second-order valence-electron chi connectivity index (χ2n) is 7.78. The first-order valence-electron chi connectivity index (χ1n) is 10.3. The maximum Gasteiger partial charge on any atom is 0.243 e. The topological polar surface area (TPSA) is 60.9 Å². The first-order chi connectivity index (χ1) is 14.4. The number of carbonyl (C=O) groups excluding carboxylic acids is 1. The summed E-state index contributed by atoms with van der Waals surface area (Å²) in [4.78, 5) is 17.5. The Morgan fingerprint density at radius 3 is 2.03 bits per heavy atom. The van der Waals surface area contributed by atoms with Crippen molar-refractivity contribution in [2.75, 3.05) is 44.2 Å². The van der Waals surface area contributed by atoms with E-state index in [4.69, 9.17) is 11.6 Å². The number of piperazine rings is 1. The maximum atomic E-state index is 13.0. The second kappa shape index (κ2) is 8.96. The number of amides is 1. The molecule has 0 unspecified atom stereocenters. The molecule has 2 saturated heterocycles. The van der Waals surface area contributed by atoms with Crippen molar-refractivity contribution in [3.05, 3.63) is 59.6 Å². The molecule has 30 heavy (non-hydrogen) atoms. The van der Waals surface area contributed by atoms with E-state index in [-0.39, 0.29) is 11.8 Å². The first kappa shape index (κ1) is 21.2. The Hall–Kier alpha value is -2.09. The van der Waals surface area contributed by atoms with Crippen LogP contribution in [0, 0.1) is 5.92 Å². The number of rotatable bonds is 4. The molecule has 1 amide bonds. The standard InChI is InChI=1S/C22H26ClN3O3S/c23-19-6-8-20(9-7-19)24-14-16-25(17-15-24)22(27)18-10-12-26(13-11-18)30(28,29)21-4-2-1-3-5-21/h1-9,18H,10-17H2. The number of halogens is 1. The molecule has 2 aliphatic rings. The molecule has 0 spiro atoms. The van der Waals surface area contributed by atoms with Gasteiger partial charge in [0, 0.05) is 55.9 Å². The molecule has 8 heteroatoms. The van der Waals surface area contributed by atoms with Crippen LogP contribution in [-0.2, 0) is 14.8 Å². The highest BCUT2D eigenvalue weighted by Crippen LogP contribution is 2.26. The molecule has 2 heterocycles. The molecule has 0 radical (unpaired) electrons.